The number of hydrogen-bond acceptors (Lipinski definition) is 2. The Hall–Kier alpha value is -6.87. The lowest BCUT2D eigenvalue weighted by molar-refractivity contribution is 0.568. The van der Waals surface area contributed by atoms with Gasteiger partial charge in [0.1, 0.15) is 24.2 Å². The number of nitrogens with one attached hydrogen (secondary N) is 2. The highest BCUT2D eigenvalue weighted by molar-refractivity contribution is 7.80. The van der Waals surface area contributed by atoms with Crippen LogP contribution in [0.1, 0.15) is 181 Å². The average Bonchev–Trinajstić information content (AvgIpc) is 4.40. The van der Waals surface area contributed by atoms with Crippen molar-refractivity contribution in [1.29, 1.82) is 0 Å². The van der Waals surface area contributed by atoms with Crippen LogP contribution in [0, 0.1) is 0 Å². The predicted octanol–water partition coefficient (Wildman–Crippen LogP) is 18.9. The molecule has 0 unspecified atom stereocenters. The van der Waals surface area contributed by atoms with Gasteiger partial charge in [0, 0.05) is 33.2 Å². The maximum Gasteiger partial charge on any atom is 0.151 e. The van der Waals surface area contributed by atoms with Gasteiger partial charge < -0.3 is 9.97 Å². The lowest BCUT2D eigenvalue weighted by atomic mass is 9.78. The van der Waals surface area contributed by atoms with Crippen LogP contribution in [0.2, 0.25) is 0 Å². The lowest BCUT2D eigenvalue weighted by Gasteiger charge is -2.26. The normalized spacial score (nSPS) is 13.5. The van der Waals surface area contributed by atoms with Crippen molar-refractivity contribution < 1.29 is 0 Å². The number of benzene rings is 5. The highest BCUT2D eigenvalue weighted by Crippen LogP contribution is 2.44. The molecular weight excluding hydrogens is 976 g/mol. The van der Waals surface area contributed by atoms with Crippen LogP contribution in [0.25, 0.3) is 79.8 Å². The van der Waals surface area contributed by atoms with Crippen LogP contribution in [0.5, 0.6) is 0 Å². The van der Waals surface area contributed by atoms with E-state index in [1.807, 2.05) is 0 Å². The first-order valence-electron chi connectivity index (χ1n) is 28.6. The van der Waals surface area contributed by atoms with E-state index < -0.39 is 7.92 Å². The molecule has 2 aliphatic rings. The summed E-state index contributed by atoms with van der Waals surface area (Å²) in [4.78, 5) is 20.1. The Bertz CT molecular complexity index is 3660. The molecule has 2 aliphatic heterocycles. The molecule has 2 N–H and O–H groups in total. The van der Waals surface area contributed by atoms with Crippen molar-refractivity contribution in [2.75, 3.05) is 0 Å². The number of aromatic amines is 2. The zero-order valence-corrected chi connectivity index (χ0v) is 51.5. The van der Waals surface area contributed by atoms with Gasteiger partial charge in [-0.3, -0.25) is 0 Å². The van der Waals surface area contributed by atoms with Gasteiger partial charge in [-0.05, 0) is 155 Å². The number of fused-ring (bicyclic) bond motifs is 8. The molecule has 5 heterocycles. The summed E-state index contributed by atoms with van der Waals surface area (Å²) in [7, 11) is -1.69. The second-order valence-electron chi connectivity index (χ2n) is 28.5. The minimum absolute atomic E-state index is 0.0987. The third-order valence-corrected chi connectivity index (χ3v) is 18.8. The molecule has 5 aromatic carbocycles. The maximum atomic E-state index is 5.91. The molecule has 0 aliphatic carbocycles. The van der Waals surface area contributed by atoms with Crippen LogP contribution in [0.3, 0.4) is 0 Å². The lowest BCUT2D eigenvalue weighted by Crippen LogP contribution is -2.23. The number of hydrogen-bond donors (Lipinski definition) is 2. The Kier molecular flexibility index (Phi) is 14.1. The zero-order chi connectivity index (χ0) is 56.8. The Balaban J connectivity index is 1.45. The van der Waals surface area contributed by atoms with E-state index in [0.29, 0.717) is 0 Å². The first-order chi connectivity index (χ1) is 36.9. The van der Waals surface area contributed by atoms with Crippen LogP contribution >= 0.6 is 7.92 Å². The largest absolute Gasteiger partial charge is 0.354 e. The molecule has 0 atom stereocenters. The molecule has 0 saturated heterocycles. The summed E-state index contributed by atoms with van der Waals surface area (Å²) in [5.74, 6) is 0. The van der Waals surface area contributed by atoms with E-state index in [4.69, 9.17) is 9.97 Å². The third kappa shape index (κ3) is 11.3. The van der Waals surface area contributed by atoms with Crippen molar-refractivity contribution in [3.63, 3.8) is 0 Å². The summed E-state index contributed by atoms with van der Waals surface area (Å²) in [6.07, 6.45) is 9.06. The number of aromatic nitrogens is 4. The molecule has 8 aromatic rings. The fourth-order valence-electron chi connectivity index (χ4n) is 11.0. The van der Waals surface area contributed by atoms with Crippen molar-refractivity contribution in [1.82, 2.24) is 19.9 Å². The average molecular weight is 1060 g/mol. The second-order valence-corrected chi connectivity index (χ2v) is 30.9. The molecule has 79 heavy (non-hydrogen) atoms. The number of nitrogens with zero attached hydrogens (tertiary/aromatic N) is 2. The summed E-state index contributed by atoms with van der Waals surface area (Å²) in [6.45, 7) is 41.8. The predicted molar refractivity (Wildman–Crippen MR) is 347 cm³/mol. The molecule has 0 radical (unpaired) electrons. The molecule has 0 amide bonds. The molecule has 8 bridgehead atoms. The third-order valence-electron chi connectivity index (χ3n) is 16.0. The van der Waals surface area contributed by atoms with E-state index in [9.17, 15) is 0 Å². The van der Waals surface area contributed by atoms with Crippen molar-refractivity contribution in [3.8, 4) is 33.4 Å². The molecule has 4 nitrogen and oxygen atoms in total. The number of rotatable bonds is 6. The fraction of sp³-hybridized carbons (Fsp3) is 0.324. The summed E-state index contributed by atoms with van der Waals surface area (Å²) >= 11 is 0. The SMILES string of the molecule is CC(C)(C)c1cc(-c2c3nc(c(-c4cc(C(C)(C)C)cc(C(C)(C)C)c4)c4ccc([nH]4)c([PH+](c4ccccc4)c4ccccc4)c4nc(c(-c5cc(C(C)(C)C)cc(C(C)(C)C)c5)c5ccc2[nH]5)C=C4)C=C3)cc(C(C)(C)C)c1. The van der Waals surface area contributed by atoms with Crippen LogP contribution in [-0.2, 0) is 32.5 Å². The van der Waals surface area contributed by atoms with Gasteiger partial charge >= 0.3 is 0 Å². The van der Waals surface area contributed by atoms with Crippen molar-refractivity contribution in [3.05, 3.63) is 196 Å². The monoisotopic (exact) mass is 1060 g/mol. The summed E-state index contributed by atoms with van der Waals surface area (Å²) in [5.41, 5.74) is 21.6. The highest BCUT2D eigenvalue weighted by Gasteiger charge is 2.33. The molecular formula is C74H84N4P+. The first-order valence-corrected chi connectivity index (χ1v) is 30.1. The molecule has 0 spiro atoms. The quantitative estimate of drug-likeness (QED) is 0.163. The van der Waals surface area contributed by atoms with E-state index in [1.54, 1.807) is 0 Å². The van der Waals surface area contributed by atoms with E-state index in [2.05, 4.69) is 298 Å². The molecule has 0 fully saturated rings. The maximum absolute atomic E-state index is 5.91. The summed E-state index contributed by atoms with van der Waals surface area (Å²) in [5, 5.41) is 3.79. The Morgan fingerprint density at radius 3 is 0.835 bits per heavy atom. The molecule has 3 aromatic heterocycles. The smallest absolute Gasteiger partial charge is 0.151 e. The van der Waals surface area contributed by atoms with Gasteiger partial charge in [-0.25, -0.2) is 9.97 Å². The van der Waals surface area contributed by atoms with Gasteiger partial charge in [0.15, 0.2) is 5.30 Å². The van der Waals surface area contributed by atoms with Gasteiger partial charge in [0.05, 0.1) is 22.6 Å². The topological polar surface area (TPSA) is 57.4 Å². The van der Waals surface area contributed by atoms with Gasteiger partial charge in [0.25, 0.3) is 0 Å². The van der Waals surface area contributed by atoms with Gasteiger partial charge in [-0.1, -0.05) is 216 Å². The van der Waals surface area contributed by atoms with Crippen molar-refractivity contribution >= 4 is 70.2 Å². The van der Waals surface area contributed by atoms with E-state index in [-0.39, 0.29) is 32.5 Å². The fourth-order valence-corrected chi connectivity index (χ4v) is 13.7. The van der Waals surface area contributed by atoms with E-state index in [1.165, 1.54) is 49.3 Å². The van der Waals surface area contributed by atoms with Crippen molar-refractivity contribution in [2.45, 2.75) is 157 Å². The first kappa shape index (κ1) is 55.4. The Morgan fingerprint density at radius 1 is 0.291 bits per heavy atom. The Morgan fingerprint density at radius 2 is 0.544 bits per heavy atom. The van der Waals surface area contributed by atoms with E-state index in [0.717, 1.165) is 78.2 Å². The molecule has 10 rings (SSSR count). The zero-order valence-electron chi connectivity index (χ0n) is 50.5. The molecule has 404 valence electrons. The van der Waals surface area contributed by atoms with Gasteiger partial charge in [-0.2, -0.15) is 0 Å². The molecule has 5 heteroatoms. The second kappa shape index (κ2) is 20.0. The summed E-state index contributed by atoms with van der Waals surface area (Å²) < 4.78 is 0. The van der Waals surface area contributed by atoms with Crippen molar-refractivity contribution in [2.24, 2.45) is 0 Å². The number of H-pyrrole nitrogens is 2. The van der Waals surface area contributed by atoms with Crippen LogP contribution in [0.15, 0.2) is 140 Å². The standard InChI is InChI=1S/C74H83N4P/c1-69(2,3)49-37-46(38-50(43-49)70(4,5)6)65-57-29-31-59(75-57)66(47-39-51(71(7,8)9)44-52(40-47)72(10,11)12)61-33-35-63(77-61)68(79(55-25-21-19-22-26-55)56-27-23-20-24-28-56)64-36-34-62(78-64)67(60-32-30-58(65)76-60)48-41-53(73(13,14)15)45-54(42-48)74(16,17)18/h19-45,75,78H,1-18H3/p+1. The van der Waals surface area contributed by atoms with Crippen LogP contribution in [0.4, 0.5) is 0 Å². The Labute approximate surface area is 473 Å². The molecule has 0 saturated carbocycles. The highest BCUT2D eigenvalue weighted by atomic mass is 31.1. The summed E-state index contributed by atoms with van der Waals surface area (Å²) in [6, 6.07) is 53.1. The van der Waals surface area contributed by atoms with Gasteiger partial charge in [0.2, 0.25) is 0 Å². The van der Waals surface area contributed by atoms with Crippen LogP contribution in [-0.4, -0.2) is 19.9 Å². The minimum Gasteiger partial charge on any atom is -0.354 e. The van der Waals surface area contributed by atoms with E-state index >= 15 is 0 Å². The van der Waals surface area contributed by atoms with Gasteiger partial charge in [-0.15, -0.1) is 0 Å². The minimum atomic E-state index is -1.69. The van der Waals surface area contributed by atoms with Crippen LogP contribution < -0.4 is 15.9 Å².